The molecule has 3 aliphatic rings. The molecule has 2 unspecified atom stereocenters. The van der Waals surface area contributed by atoms with Crippen LogP contribution >= 0.6 is 0 Å². The van der Waals surface area contributed by atoms with E-state index in [2.05, 4.69) is 17.1 Å². The normalized spacial score (nSPS) is 42.8. The second-order valence-corrected chi connectivity index (χ2v) is 8.37. The van der Waals surface area contributed by atoms with E-state index in [1.807, 2.05) is 0 Å². The van der Waals surface area contributed by atoms with Gasteiger partial charge in [-0.3, -0.25) is 4.90 Å². The summed E-state index contributed by atoms with van der Waals surface area (Å²) < 4.78 is 23.1. The molecule has 1 aliphatic carbocycles. The van der Waals surface area contributed by atoms with Gasteiger partial charge in [-0.25, -0.2) is 8.42 Å². The zero-order chi connectivity index (χ0) is 12.1. The average molecular weight is 258 g/mol. The van der Waals surface area contributed by atoms with E-state index in [1.165, 1.54) is 12.8 Å². The summed E-state index contributed by atoms with van der Waals surface area (Å²) in [5, 5.41) is 3.64. The number of rotatable bonds is 2. The lowest BCUT2D eigenvalue weighted by atomic mass is 9.92. The maximum atomic E-state index is 11.5. The van der Waals surface area contributed by atoms with E-state index in [1.54, 1.807) is 0 Å². The molecule has 2 atom stereocenters. The number of piperazine rings is 1. The van der Waals surface area contributed by atoms with Crippen molar-refractivity contribution in [2.45, 2.75) is 37.8 Å². The van der Waals surface area contributed by atoms with Crippen molar-refractivity contribution in [3.63, 3.8) is 0 Å². The Labute approximate surface area is 104 Å². The summed E-state index contributed by atoms with van der Waals surface area (Å²) in [5.74, 6) is 1.58. The second-order valence-electron chi connectivity index (χ2n) is 6.15. The molecule has 3 fully saturated rings. The van der Waals surface area contributed by atoms with Crippen LogP contribution in [0.2, 0.25) is 0 Å². The average Bonchev–Trinajstić information content (AvgIpc) is 3.04. The van der Waals surface area contributed by atoms with Gasteiger partial charge in [0, 0.05) is 31.2 Å². The zero-order valence-corrected chi connectivity index (χ0v) is 11.3. The van der Waals surface area contributed by atoms with Gasteiger partial charge in [-0.2, -0.15) is 0 Å². The summed E-state index contributed by atoms with van der Waals surface area (Å²) in [7, 11) is -2.75. The summed E-state index contributed by atoms with van der Waals surface area (Å²) in [6, 6.07) is 0.278. The van der Waals surface area contributed by atoms with E-state index < -0.39 is 9.84 Å². The molecule has 0 amide bonds. The monoisotopic (exact) mass is 258 g/mol. The van der Waals surface area contributed by atoms with E-state index in [0.29, 0.717) is 11.5 Å². The molecule has 4 nitrogen and oxygen atoms in total. The van der Waals surface area contributed by atoms with Crippen LogP contribution in [0.15, 0.2) is 0 Å². The van der Waals surface area contributed by atoms with Gasteiger partial charge >= 0.3 is 0 Å². The molecule has 0 aromatic rings. The van der Waals surface area contributed by atoms with Crippen LogP contribution in [0.5, 0.6) is 0 Å². The van der Waals surface area contributed by atoms with Gasteiger partial charge < -0.3 is 5.32 Å². The zero-order valence-electron chi connectivity index (χ0n) is 10.5. The van der Waals surface area contributed by atoms with Gasteiger partial charge in [-0.05, 0) is 32.1 Å². The predicted octanol–water partition coefficient (Wildman–Crippen LogP) is 0.247. The summed E-state index contributed by atoms with van der Waals surface area (Å²) >= 11 is 0. The molecule has 0 spiro atoms. The molecule has 0 aromatic carbocycles. The van der Waals surface area contributed by atoms with Gasteiger partial charge in [0.05, 0.1) is 11.5 Å². The Morgan fingerprint density at radius 2 is 2.06 bits per heavy atom. The number of nitrogens with zero attached hydrogens (tertiary/aromatic N) is 1. The third-order valence-corrected chi connectivity index (χ3v) is 6.41. The van der Waals surface area contributed by atoms with Crippen molar-refractivity contribution in [3.05, 3.63) is 0 Å². The fourth-order valence-electron chi connectivity index (χ4n) is 3.41. The number of hydrogen-bond acceptors (Lipinski definition) is 4. The van der Waals surface area contributed by atoms with Crippen LogP contribution in [0.3, 0.4) is 0 Å². The number of hydrogen-bond donors (Lipinski definition) is 1. The van der Waals surface area contributed by atoms with E-state index in [9.17, 15) is 8.42 Å². The molecule has 0 bridgehead atoms. The topological polar surface area (TPSA) is 49.4 Å². The lowest BCUT2D eigenvalue weighted by Gasteiger charge is -2.44. The first-order chi connectivity index (χ1) is 7.99. The first-order valence-corrected chi connectivity index (χ1v) is 8.50. The van der Waals surface area contributed by atoms with Crippen LogP contribution in [0, 0.1) is 5.92 Å². The SMILES string of the molecule is CC1(C2CC2)CN(C2CCS(=O)(=O)C2)CCN1. The molecule has 0 aromatic heterocycles. The highest BCUT2D eigenvalue weighted by Crippen LogP contribution is 2.41. The quantitative estimate of drug-likeness (QED) is 0.771. The third kappa shape index (κ3) is 2.37. The Hall–Kier alpha value is -0.130. The van der Waals surface area contributed by atoms with Crippen LogP contribution < -0.4 is 5.32 Å². The summed E-state index contributed by atoms with van der Waals surface area (Å²) in [6.45, 7) is 5.34. The van der Waals surface area contributed by atoms with Gasteiger partial charge in [0.1, 0.15) is 0 Å². The standard InChI is InChI=1S/C12H22N2O2S/c1-12(10-2-3-10)9-14(6-5-13-12)11-4-7-17(15,16)8-11/h10-11,13H,2-9H2,1H3. The Balaban J connectivity index is 1.68. The predicted molar refractivity (Wildman–Crippen MR) is 67.8 cm³/mol. The molecule has 0 radical (unpaired) electrons. The number of nitrogens with one attached hydrogen (secondary N) is 1. The van der Waals surface area contributed by atoms with Crippen LogP contribution in [0.4, 0.5) is 0 Å². The molecular formula is C12H22N2O2S. The van der Waals surface area contributed by atoms with Crippen molar-refractivity contribution >= 4 is 9.84 Å². The highest BCUT2D eigenvalue weighted by Gasteiger charge is 2.46. The molecule has 98 valence electrons. The van der Waals surface area contributed by atoms with E-state index in [4.69, 9.17) is 0 Å². The van der Waals surface area contributed by atoms with Crippen molar-refractivity contribution in [1.82, 2.24) is 10.2 Å². The van der Waals surface area contributed by atoms with Crippen molar-refractivity contribution in [2.75, 3.05) is 31.1 Å². The van der Waals surface area contributed by atoms with Crippen LogP contribution in [-0.2, 0) is 9.84 Å². The van der Waals surface area contributed by atoms with Crippen molar-refractivity contribution in [1.29, 1.82) is 0 Å². The van der Waals surface area contributed by atoms with Gasteiger partial charge in [0.2, 0.25) is 0 Å². The van der Waals surface area contributed by atoms with Gasteiger partial charge in [-0.1, -0.05) is 0 Å². The van der Waals surface area contributed by atoms with E-state index >= 15 is 0 Å². The first-order valence-electron chi connectivity index (χ1n) is 6.68. The molecule has 1 saturated carbocycles. The summed E-state index contributed by atoms with van der Waals surface area (Å²) in [4.78, 5) is 2.42. The summed E-state index contributed by atoms with van der Waals surface area (Å²) in [5.41, 5.74) is 0.227. The van der Waals surface area contributed by atoms with Gasteiger partial charge in [-0.15, -0.1) is 0 Å². The van der Waals surface area contributed by atoms with E-state index in [0.717, 1.165) is 32.0 Å². The van der Waals surface area contributed by atoms with E-state index in [-0.39, 0.29) is 11.6 Å². The second kappa shape index (κ2) is 3.93. The molecule has 1 N–H and O–H groups in total. The Bertz CT molecular complexity index is 405. The Morgan fingerprint density at radius 3 is 2.65 bits per heavy atom. The fourth-order valence-corrected chi connectivity index (χ4v) is 5.17. The van der Waals surface area contributed by atoms with Crippen LogP contribution in [-0.4, -0.2) is 56.0 Å². The van der Waals surface area contributed by atoms with Crippen molar-refractivity contribution < 1.29 is 8.42 Å². The van der Waals surface area contributed by atoms with Crippen molar-refractivity contribution in [2.24, 2.45) is 5.92 Å². The summed E-state index contributed by atoms with van der Waals surface area (Å²) in [6.07, 6.45) is 3.50. The molecule has 3 rings (SSSR count). The smallest absolute Gasteiger partial charge is 0.151 e. The van der Waals surface area contributed by atoms with Crippen LogP contribution in [0.1, 0.15) is 26.2 Å². The minimum Gasteiger partial charge on any atom is -0.309 e. The van der Waals surface area contributed by atoms with Gasteiger partial charge in [0.25, 0.3) is 0 Å². The first kappa shape index (κ1) is 11.9. The van der Waals surface area contributed by atoms with Crippen molar-refractivity contribution in [3.8, 4) is 0 Å². The fraction of sp³-hybridized carbons (Fsp3) is 1.00. The molecular weight excluding hydrogens is 236 g/mol. The Kier molecular flexibility index (Phi) is 2.76. The highest BCUT2D eigenvalue weighted by atomic mass is 32.2. The largest absolute Gasteiger partial charge is 0.309 e. The molecule has 2 aliphatic heterocycles. The lowest BCUT2D eigenvalue weighted by Crippen LogP contribution is -2.62. The number of sulfone groups is 1. The third-order valence-electron chi connectivity index (χ3n) is 4.66. The highest BCUT2D eigenvalue weighted by molar-refractivity contribution is 7.91. The Morgan fingerprint density at radius 1 is 1.29 bits per heavy atom. The lowest BCUT2D eigenvalue weighted by molar-refractivity contribution is 0.0970. The minimum atomic E-state index is -2.75. The maximum absolute atomic E-state index is 11.5. The molecule has 5 heteroatoms. The van der Waals surface area contributed by atoms with Gasteiger partial charge in [0.15, 0.2) is 9.84 Å². The molecule has 2 saturated heterocycles. The minimum absolute atomic E-state index is 0.227. The molecule has 17 heavy (non-hydrogen) atoms. The molecule has 2 heterocycles. The maximum Gasteiger partial charge on any atom is 0.151 e. The van der Waals surface area contributed by atoms with Crippen LogP contribution in [0.25, 0.3) is 0 Å².